The highest BCUT2D eigenvalue weighted by Crippen LogP contribution is 2.28. The molecule has 0 spiro atoms. The summed E-state index contributed by atoms with van der Waals surface area (Å²) in [7, 11) is 1.56. The van der Waals surface area contributed by atoms with Crippen LogP contribution in [0.4, 0.5) is 0 Å². The fourth-order valence-corrected chi connectivity index (χ4v) is 1.85. The average Bonchev–Trinajstić information content (AvgIpc) is 2.47. The van der Waals surface area contributed by atoms with Gasteiger partial charge in [-0.3, -0.25) is 4.79 Å². The lowest BCUT2D eigenvalue weighted by atomic mass is 10.0. The highest BCUT2D eigenvalue weighted by Gasteiger charge is 2.17. The second-order valence-corrected chi connectivity index (χ2v) is 4.37. The standard InChI is InChI=1S/C16H16O5/c1-20-8-9-21-11-6-7-13(15(18)10-11)16(19)12-4-2-3-5-14(12)17/h2-7,10,17-18H,8-9H2,1H3. The minimum atomic E-state index is -0.450. The molecule has 0 saturated heterocycles. The van der Waals surface area contributed by atoms with Gasteiger partial charge in [0.1, 0.15) is 23.9 Å². The number of ketones is 1. The summed E-state index contributed by atoms with van der Waals surface area (Å²) in [4.78, 5) is 12.3. The number of rotatable bonds is 6. The van der Waals surface area contributed by atoms with E-state index >= 15 is 0 Å². The summed E-state index contributed by atoms with van der Waals surface area (Å²) < 4.78 is 10.2. The molecule has 0 bridgehead atoms. The number of methoxy groups -OCH3 is 1. The second kappa shape index (κ2) is 6.76. The van der Waals surface area contributed by atoms with Crippen LogP contribution in [0.15, 0.2) is 42.5 Å². The molecule has 0 saturated carbocycles. The first kappa shape index (κ1) is 14.9. The highest BCUT2D eigenvalue weighted by molar-refractivity contribution is 6.12. The van der Waals surface area contributed by atoms with Crippen LogP contribution >= 0.6 is 0 Å². The zero-order valence-corrected chi connectivity index (χ0v) is 11.6. The molecular weight excluding hydrogens is 272 g/mol. The molecule has 0 fully saturated rings. The minimum absolute atomic E-state index is 0.107. The molecule has 0 radical (unpaired) electrons. The minimum Gasteiger partial charge on any atom is -0.507 e. The van der Waals surface area contributed by atoms with Crippen LogP contribution in [0.3, 0.4) is 0 Å². The number of hydrogen-bond acceptors (Lipinski definition) is 5. The fourth-order valence-electron chi connectivity index (χ4n) is 1.85. The summed E-state index contributed by atoms with van der Waals surface area (Å²) in [6.45, 7) is 0.780. The Morgan fingerprint density at radius 2 is 1.71 bits per heavy atom. The van der Waals surface area contributed by atoms with E-state index in [9.17, 15) is 15.0 Å². The number of carbonyl (C=O) groups excluding carboxylic acids is 1. The predicted molar refractivity (Wildman–Crippen MR) is 77.0 cm³/mol. The van der Waals surface area contributed by atoms with E-state index in [0.29, 0.717) is 19.0 Å². The predicted octanol–water partition coefficient (Wildman–Crippen LogP) is 2.35. The van der Waals surface area contributed by atoms with E-state index in [1.807, 2.05) is 0 Å². The lowest BCUT2D eigenvalue weighted by molar-refractivity contribution is 0.103. The molecule has 0 atom stereocenters. The van der Waals surface area contributed by atoms with Gasteiger partial charge in [-0.15, -0.1) is 0 Å². The molecule has 2 rings (SSSR count). The molecule has 0 aliphatic heterocycles. The van der Waals surface area contributed by atoms with Gasteiger partial charge in [-0.05, 0) is 24.3 Å². The van der Waals surface area contributed by atoms with Crippen LogP contribution in [-0.2, 0) is 4.74 Å². The van der Waals surface area contributed by atoms with Gasteiger partial charge in [0, 0.05) is 13.2 Å². The Labute approximate surface area is 122 Å². The maximum absolute atomic E-state index is 12.3. The van der Waals surface area contributed by atoms with Crippen LogP contribution in [0.5, 0.6) is 17.2 Å². The van der Waals surface area contributed by atoms with Crippen molar-refractivity contribution in [2.24, 2.45) is 0 Å². The molecule has 5 heteroatoms. The molecule has 2 aromatic carbocycles. The van der Waals surface area contributed by atoms with Gasteiger partial charge in [0.2, 0.25) is 0 Å². The number of phenols is 2. The first-order chi connectivity index (χ1) is 10.1. The molecule has 0 aromatic heterocycles. The summed E-state index contributed by atoms with van der Waals surface area (Å²) in [6, 6.07) is 10.6. The van der Waals surface area contributed by atoms with Gasteiger partial charge in [0.25, 0.3) is 0 Å². The summed E-state index contributed by atoms with van der Waals surface area (Å²) in [5.41, 5.74) is 0.247. The first-order valence-corrected chi connectivity index (χ1v) is 6.41. The quantitative estimate of drug-likeness (QED) is 0.630. The number of para-hydroxylation sites is 1. The van der Waals surface area contributed by atoms with Crippen LogP contribution in [0.1, 0.15) is 15.9 Å². The molecule has 0 aliphatic carbocycles. The van der Waals surface area contributed by atoms with Crippen molar-refractivity contribution in [3.63, 3.8) is 0 Å². The summed E-state index contributed by atoms with van der Waals surface area (Å²) in [5.74, 6) is -0.326. The van der Waals surface area contributed by atoms with Crippen molar-refractivity contribution in [3.8, 4) is 17.2 Å². The van der Waals surface area contributed by atoms with Gasteiger partial charge < -0.3 is 19.7 Å². The van der Waals surface area contributed by atoms with Crippen molar-refractivity contribution >= 4 is 5.78 Å². The molecule has 110 valence electrons. The van der Waals surface area contributed by atoms with E-state index in [1.165, 1.54) is 24.3 Å². The third-order valence-corrected chi connectivity index (χ3v) is 2.92. The SMILES string of the molecule is COCCOc1ccc(C(=O)c2ccccc2O)c(O)c1. The van der Waals surface area contributed by atoms with Crippen LogP contribution in [-0.4, -0.2) is 36.3 Å². The molecule has 21 heavy (non-hydrogen) atoms. The Morgan fingerprint density at radius 1 is 1.00 bits per heavy atom. The lowest BCUT2D eigenvalue weighted by Crippen LogP contribution is -2.05. The zero-order chi connectivity index (χ0) is 15.2. The van der Waals surface area contributed by atoms with Crippen molar-refractivity contribution in [3.05, 3.63) is 53.6 Å². The zero-order valence-electron chi connectivity index (χ0n) is 11.6. The van der Waals surface area contributed by atoms with Crippen molar-refractivity contribution in [2.75, 3.05) is 20.3 Å². The van der Waals surface area contributed by atoms with Gasteiger partial charge >= 0.3 is 0 Å². The maximum atomic E-state index is 12.3. The van der Waals surface area contributed by atoms with Crippen LogP contribution < -0.4 is 4.74 Å². The number of aromatic hydroxyl groups is 2. The Kier molecular flexibility index (Phi) is 4.79. The highest BCUT2D eigenvalue weighted by atomic mass is 16.5. The molecule has 0 aliphatic rings. The Bertz CT molecular complexity index is 636. The van der Waals surface area contributed by atoms with Crippen molar-refractivity contribution in [1.29, 1.82) is 0 Å². The number of hydrogen-bond donors (Lipinski definition) is 2. The molecule has 0 heterocycles. The fraction of sp³-hybridized carbons (Fsp3) is 0.188. The van der Waals surface area contributed by atoms with Crippen molar-refractivity contribution < 1.29 is 24.5 Å². The van der Waals surface area contributed by atoms with Crippen LogP contribution in [0.25, 0.3) is 0 Å². The maximum Gasteiger partial charge on any atom is 0.200 e. The van der Waals surface area contributed by atoms with Crippen LogP contribution in [0, 0.1) is 0 Å². The number of carbonyl (C=O) groups is 1. The lowest BCUT2D eigenvalue weighted by Gasteiger charge is -2.09. The van der Waals surface area contributed by atoms with Gasteiger partial charge in [-0.2, -0.15) is 0 Å². The summed E-state index contributed by atoms with van der Waals surface area (Å²) in [5, 5.41) is 19.6. The third-order valence-electron chi connectivity index (χ3n) is 2.92. The van der Waals surface area contributed by atoms with Gasteiger partial charge in [0.05, 0.1) is 17.7 Å². The molecular formula is C16H16O5. The van der Waals surface area contributed by atoms with Gasteiger partial charge in [-0.25, -0.2) is 0 Å². The molecule has 0 unspecified atom stereocenters. The Morgan fingerprint density at radius 3 is 2.38 bits per heavy atom. The Balaban J connectivity index is 2.21. The summed E-state index contributed by atoms with van der Waals surface area (Å²) >= 11 is 0. The van der Waals surface area contributed by atoms with E-state index in [-0.39, 0.29) is 22.6 Å². The largest absolute Gasteiger partial charge is 0.507 e. The number of benzene rings is 2. The van der Waals surface area contributed by atoms with Gasteiger partial charge in [-0.1, -0.05) is 12.1 Å². The van der Waals surface area contributed by atoms with Gasteiger partial charge in [0.15, 0.2) is 5.78 Å². The topological polar surface area (TPSA) is 76.0 Å². The average molecular weight is 288 g/mol. The third kappa shape index (κ3) is 3.52. The van der Waals surface area contributed by atoms with E-state index in [2.05, 4.69) is 0 Å². The second-order valence-electron chi connectivity index (χ2n) is 4.37. The van der Waals surface area contributed by atoms with E-state index in [0.717, 1.165) is 0 Å². The molecule has 2 aromatic rings. The smallest absolute Gasteiger partial charge is 0.200 e. The monoisotopic (exact) mass is 288 g/mol. The molecule has 2 N–H and O–H groups in total. The Hall–Kier alpha value is -2.53. The first-order valence-electron chi connectivity index (χ1n) is 6.41. The number of ether oxygens (including phenoxy) is 2. The van der Waals surface area contributed by atoms with E-state index in [1.54, 1.807) is 25.3 Å². The number of phenolic OH excluding ortho intramolecular Hbond substituents is 2. The molecule has 5 nitrogen and oxygen atoms in total. The normalized spacial score (nSPS) is 10.3. The molecule has 0 amide bonds. The van der Waals surface area contributed by atoms with E-state index in [4.69, 9.17) is 9.47 Å². The summed E-state index contributed by atoms with van der Waals surface area (Å²) in [6.07, 6.45) is 0. The van der Waals surface area contributed by atoms with Crippen LogP contribution in [0.2, 0.25) is 0 Å². The van der Waals surface area contributed by atoms with E-state index < -0.39 is 5.78 Å². The van der Waals surface area contributed by atoms with Crippen molar-refractivity contribution in [2.45, 2.75) is 0 Å². The van der Waals surface area contributed by atoms with Crippen molar-refractivity contribution in [1.82, 2.24) is 0 Å².